The Morgan fingerprint density at radius 3 is 2.45 bits per heavy atom. The molecule has 2 aliphatic rings. The molecule has 0 radical (unpaired) electrons. The molecule has 1 aromatic carbocycles. The van der Waals surface area contributed by atoms with Crippen molar-refractivity contribution < 1.29 is 12.8 Å². The van der Waals surface area contributed by atoms with Gasteiger partial charge in [-0.2, -0.15) is 13.1 Å². The number of nitrogens with two attached hydrogens (primary N) is 1. The first-order valence-corrected chi connectivity index (χ1v) is 13.1. The van der Waals surface area contributed by atoms with E-state index in [4.69, 9.17) is 5.14 Å². The third kappa shape index (κ3) is 7.90. The predicted molar refractivity (Wildman–Crippen MR) is 118 cm³/mol. The van der Waals surface area contributed by atoms with Gasteiger partial charge >= 0.3 is 0 Å². The number of halogens is 2. The number of rotatable bonds is 8. The summed E-state index contributed by atoms with van der Waals surface area (Å²) < 4.78 is 39.3. The minimum Gasteiger partial charge on any atom is -0.303 e. The van der Waals surface area contributed by atoms with E-state index in [9.17, 15) is 12.8 Å². The fourth-order valence-corrected chi connectivity index (χ4v) is 5.94. The van der Waals surface area contributed by atoms with E-state index in [2.05, 4.69) is 25.6 Å². The highest BCUT2D eigenvalue weighted by Gasteiger charge is 2.24. The molecule has 1 heterocycles. The molecule has 1 saturated carbocycles. The SMILES string of the molecule is NS(=O)(=O)NC1CCC(CCCN2CCC(Cc3cc(F)ccc3Br)CC2)CC1. The molecule has 0 atom stereocenters. The summed E-state index contributed by atoms with van der Waals surface area (Å²) in [6, 6.07) is 4.97. The smallest absolute Gasteiger partial charge is 0.274 e. The summed E-state index contributed by atoms with van der Waals surface area (Å²) in [5.74, 6) is 1.18. The van der Waals surface area contributed by atoms with E-state index in [0.717, 1.165) is 61.8 Å². The second-order valence-corrected chi connectivity index (χ2v) is 10.9. The van der Waals surface area contributed by atoms with Gasteiger partial charge in [-0.05, 0) is 113 Å². The average Bonchev–Trinajstić information content (AvgIpc) is 2.66. The summed E-state index contributed by atoms with van der Waals surface area (Å²) in [5.41, 5.74) is 1.08. The molecular formula is C21H33BrFN3O2S. The summed E-state index contributed by atoms with van der Waals surface area (Å²) in [6.07, 6.45) is 9.67. The first kappa shape index (κ1) is 23.1. The van der Waals surface area contributed by atoms with Crippen molar-refractivity contribution in [3.63, 3.8) is 0 Å². The first-order chi connectivity index (χ1) is 13.8. The standard InChI is InChI=1S/C21H33BrFN3O2S/c22-21-8-5-19(23)15-18(21)14-17-9-12-26(13-10-17)11-1-2-16-3-6-20(7-4-16)25-29(24,27)28/h5,8,15-17,20,25H,1-4,6-7,9-14H2,(H2,24,27,28). The highest BCUT2D eigenvalue weighted by Crippen LogP contribution is 2.29. The maximum atomic E-state index is 13.5. The van der Waals surface area contributed by atoms with Crippen LogP contribution in [0.2, 0.25) is 0 Å². The van der Waals surface area contributed by atoms with Crippen LogP contribution in [0, 0.1) is 17.7 Å². The van der Waals surface area contributed by atoms with Gasteiger partial charge in [0, 0.05) is 10.5 Å². The summed E-state index contributed by atoms with van der Waals surface area (Å²) in [7, 11) is -3.58. The zero-order valence-electron chi connectivity index (χ0n) is 17.0. The lowest BCUT2D eigenvalue weighted by molar-refractivity contribution is 0.175. The van der Waals surface area contributed by atoms with E-state index in [-0.39, 0.29) is 11.9 Å². The second-order valence-electron chi connectivity index (χ2n) is 8.75. The van der Waals surface area contributed by atoms with Gasteiger partial charge in [-0.1, -0.05) is 15.9 Å². The Kier molecular flexibility index (Phi) is 8.51. The molecule has 3 rings (SSSR count). The Balaban J connectivity index is 1.30. The van der Waals surface area contributed by atoms with Crippen molar-refractivity contribution in [2.45, 2.75) is 63.8 Å². The van der Waals surface area contributed by atoms with Crippen LogP contribution in [-0.2, 0) is 16.6 Å². The van der Waals surface area contributed by atoms with Crippen molar-refractivity contribution in [3.05, 3.63) is 34.1 Å². The highest BCUT2D eigenvalue weighted by molar-refractivity contribution is 9.10. The summed E-state index contributed by atoms with van der Waals surface area (Å²) >= 11 is 3.54. The van der Waals surface area contributed by atoms with Crippen LogP contribution in [0.5, 0.6) is 0 Å². The number of hydrogen-bond acceptors (Lipinski definition) is 3. The van der Waals surface area contributed by atoms with Crippen LogP contribution in [0.4, 0.5) is 4.39 Å². The minimum atomic E-state index is -3.58. The molecule has 0 aromatic heterocycles. The molecule has 164 valence electrons. The summed E-state index contributed by atoms with van der Waals surface area (Å²) in [6.45, 7) is 3.40. The van der Waals surface area contributed by atoms with Crippen molar-refractivity contribution in [2.75, 3.05) is 19.6 Å². The lowest BCUT2D eigenvalue weighted by Crippen LogP contribution is -2.41. The Hall–Kier alpha value is -0.540. The number of likely N-dealkylation sites (tertiary alicyclic amines) is 1. The topological polar surface area (TPSA) is 75.4 Å². The number of piperidine rings is 1. The molecule has 8 heteroatoms. The van der Waals surface area contributed by atoms with E-state index in [1.807, 2.05) is 0 Å². The van der Waals surface area contributed by atoms with Gasteiger partial charge in [0.15, 0.2) is 0 Å². The van der Waals surface area contributed by atoms with Gasteiger partial charge in [0.25, 0.3) is 10.2 Å². The maximum Gasteiger partial charge on any atom is 0.274 e. The second kappa shape index (κ2) is 10.7. The van der Waals surface area contributed by atoms with Crippen molar-refractivity contribution in [2.24, 2.45) is 17.0 Å². The minimum absolute atomic E-state index is 0.0124. The largest absolute Gasteiger partial charge is 0.303 e. The van der Waals surface area contributed by atoms with Gasteiger partial charge in [0.2, 0.25) is 0 Å². The fourth-order valence-electron chi connectivity index (χ4n) is 4.83. The van der Waals surface area contributed by atoms with E-state index in [1.54, 1.807) is 12.1 Å². The van der Waals surface area contributed by atoms with Crippen LogP contribution in [0.15, 0.2) is 22.7 Å². The molecule has 0 spiro atoms. The Labute approximate surface area is 182 Å². The zero-order chi connectivity index (χ0) is 20.9. The van der Waals surface area contributed by atoms with E-state index in [1.165, 1.54) is 31.7 Å². The third-order valence-corrected chi connectivity index (χ3v) is 7.92. The van der Waals surface area contributed by atoms with Crippen LogP contribution in [0.3, 0.4) is 0 Å². The number of nitrogens with zero attached hydrogens (tertiary/aromatic N) is 1. The molecular weight excluding hydrogens is 457 g/mol. The lowest BCUT2D eigenvalue weighted by atomic mass is 9.83. The Morgan fingerprint density at radius 2 is 1.79 bits per heavy atom. The van der Waals surface area contributed by atoms with Crippen LogP contribution < -0.4 is 9.86 Å². The van der Waals surface area contributed by atoms with Gasteiger partial charge in [0.1, 0.15) is 5.82 Å². The molecule has 1 aromatic rings. The first-order valence-electron chi connectivity index (χ1n) is 10.7. The maximum absolute atomic E-state index is 13.5. The molecule has 1 saturated heterocycles. The number of hydrogen-bond donors (Lipinski definition) is 2. The van der Waals surface area contributed by atoms with Gasteiger partial charge in [-0.15, -0.1) is 0 Å². The highest BCUT2D eigenvalue weighted by atomic mass is 79.9. The summed E-state index contributed by atoms with van der Waals surface area (Å²) in [5, 5.41) is 5.07. The van der Waals surface area contributed by atoms with Crippen LogP contribution in [-0.4, -0.2) is 39.0 Å². The van der Waals surface area contributed by atoms with E-state index in [0.29, 0.717) is 11.8 Å². The molecule has 0 bridgehead atoms. The molecule has 29 heavy (non-hydrogen) atoms. The monoisotopic (exact) mass is 489 g/mol. The van der Waals surface area contributed by atoms with Crippen LogP contribution in [0.1, 0.15) is 56.9 Å². The van der Waals surface area contributed by atoms with Crippen LogP contribution >= 0.6 is 15.9 Å². The van der Waals surface area contributed by atoms with Gasteiger partial charge in [-0.25, -0.2) is 9.53 Å². The quantitative estimate of drug-likeness (QED) is 0.579. The predicted octanol–water partition coefficient (Wildman–Crippen LogP) is 3.97. The van der Waals surface area contributed by atoms with Gasteiger partial charge < -0.3 is 4.90 Å². The molecule has 1 aliphatic heterocycles. The Bertz CT molecular complexity index is 761. The molecule has 5 nitrogen and oxygen atoms in total. The van der Waals surface area contributed by atoms with Gasteiger partial charge in [-0.3, -0.25) is 0 Å². The van der Waals surface area contributed by atoms with E-state index >= 15 is 0 Å². The molecule has 0 amide bonds. The summed E-state index contributed by atoms with van der Waals surface area (Å²) in [4.78, 5) is 2.56. The zero-order valence-corrected chi connectivity index (χ0v) is 19.4. The van der Waals surface area contributed by atoms with E-state index < -0.39 is 10.2 Å². The Morgan fingerprint density at radius 1 is 1.10 bits per heavy atom. The third-order valence-electron chi connectivity index (χ3n) is 6.49. The van der Waals surface area contributed by atoms with Gasteiger partial charge in [0.05, 0.1) is 0 Å². The number of benzene rings is 1. The van der Waals surface area contributed by atoms with Crippen molar-refractivity contribution >= 4 is 26.1 Å². The molecule has 0 unspecified atom stereocenters. The molecule has 1 aliphatic carbocycles. The fraction of sp³-hybridized carbons (Fsp3) is 0.714. The van der Waals surface area contributed by atoms with Crippen molar-refractivity contribution in [1.82, 2.24) is 9.62 Å². The molecule has 3 N–H and O–H groups in total. The van der Waals surface area contributed by atoms with Crippen LogP contribution in [0.25, 0.3) is 0 Å². The normalized spacial score (nSPS) is 24.7. The van der Waals surface area contributed by atoms with Crippen molar-refractivity contribution in [1.29, 1.82) is 0 Å². The number of nitrogens with one attached hydrogen (secondary N) is 1. The lowest BCUT2D eigenvalue weighted by Gasteiger charge is -2.33. The molecule has 2 fully saturated rings. The average molecular weight is 490 g/mol. The van der Waals surface area contributed by atoms with Crippen molar-refractivity contribution in [3.8, 4) is 0 Å².